The first-order chi connectivity index (χ1) is 9.12. The van der Waals surface area contributed by atoms with Crippen molar-refractivity contribution in [1.29, 1.82) is 0 Å². The summed E-state index contributed by atoms with van der Waals surface area (Å²) >= 11 is 0. The number of aromatic carboxylic acids is 1. The highest BCUT2D eigenvalue weighted by Gasteiger charge is 2.23. The number of nitrogens with zero attached hydrogens (tertiary/aromatic N) is 2. The second kappa shape index (κ2) is 6.19. The number of pyridine rings is 1. The van der Waals surface area contributed by atoms with Gasteiger partial charge in [0.15, 0.2) is 0 Å². The van der Waals surface area contributed by atoms with E-state index in [2.05, 4.69) is 10.3 Å². The van der Waals surface area contributed by atoms with Gasteiger partial charge in [0, 0.05) is 18.8 Å². The Kier molecular flexibility index (Phi) is 5.08. The molecule has 1 rings (SSSR count). The van der Waals surface area contributed by atoms with E-state index in [4.69, 9.17) is 0 Å². The molecule has 0 fully saturated rings. The van der Waals surface area contributed by atoms with Crippen molar-refractivity contribution in [2.45, 2.75) is 26.4 Å². The number of rotatable bonds is 6. The number of hydrogen-bond acceptors (Lipinski definition) is 5. The van der Waals surface area contributed by atoms with Crippen LogP contribution in [0.4, 0.5) is 5.82 Å². The van der Waals surface area contributed by atoms with Gasteiger partial charge < -0.3 is 20.4 Å². The zero-order valence-electron chi connectivity index (χ0n) is 12.7. The normalized spacial score (nSPS) is 14.2. The van der Waals surface area contributed by atoms with Crippen molar-refractivity contribution in [3.05, 3.63) is 22.9 Å². The smallest absolute Gasteiger partial charge is 0.339 e. The van der Waals surface area contributed by atoms with E-state index < -0.39 is 11.6 Å². The summed E-state index contributed by atoms with van der Waals surface area (Å²) in [5.41, 5.74) is 0.566. The molecule has 6 nitrogen and oxygen atoms in total. The lowest BCUT2D eigenvalue weighted by Gasteiger charge is -2.27. The van der Waals surface area contributed by atoms with Crippen molar-refractivity contribution < 1.29 is 15.0 Å². The van der Waals surface area contributed by atoms with Crippen LogP contribution < -0.4 is 5.32 Å². The number of aryl methyl sites for hydroxylation is 2. The van der Waals surface area contributed by atoms with Crippen molar-refractivity contribution in [2.75, 3.05) is 32.5 Å². The van der Waals surface area contributed by atoms with Crippen LogP contribution in [0.3, 0.4) is 0 Å². The summed E-state index contributed by atoms with van der Waals surface area (Å²) < 4.78 is 0. The van der Waals surface area contributed by atoms with Gasteiger partial charge in [0.05, 0.1) is 5.60 Å². The largest absolute Gasteiger partial charge is 0.478 e. The fourth-order valence-corrected chi connectivity index (χ4v) is 2.25. The summed E-state index contributed by atoms with van der Waals surface area (Å²) in [6.07, 6.45) is 0. The molecule has 0 spiro atoms. The van der Waals surface area contributed by atoms with E-state index in [0.29, 0.717) is 17.9 Å². The standard InChI is InChI=1S/C14H23N3O3/c1-9-6-10(2)16-12(11(9)13(18)19)15-7-14(3,20)8-17(4)5/h6,20H,7-8H2,1-5H3,(H,15,16)(H,18,19). The van der Waals surface area contributed by atoms with Crippen LogP contribution in [-0.4, -0.2) is 58.9 Å². The number of likely N-dealkylation sites (N-methyl/N-ethyl adjacent to an activating group) is 1. The number of hydrogen-bond donors (Lipinski definition) is 3. The highest BCUT2D eigenvalue weighted by molar-refractivity contribution is 5.94. The maximum atomic E-state index is 11.3. The van der Waals surface area contributed by atoms with Crippen LogP contribution >= 0.6 is 0 Å². The van der Waals surface area contributed by atoms with Crippen molar-refractivity contribution in [2.24, 2.45) is 0 Å². The fraction of sp³-hybridized carbons (Fsp3) is 0.571. The van der Waals surface area contributed by atoms with E-state index in [0.717, 1.165) is 5.69 Å². The SMILES string of the molecule is Cc1cc(C)c(C(=O)O)c(NCC(C)(O)CN(C)C)n1. The van der Waals surface area contributed by atoms with E-state index >= 15 is 0 Å². The second-order valence-corrected chi connectivity index (χ2v) is 5.70. The molecular weight excluding hydrogens is 258 g/mol. The summed E-state index contributed by atoms with van der Waals surface area (Å²) in [6, 6.07) is 1.73. The topological polar surface area (TPSA) is 85.7 Å². The lowest BCUT2D eigenvalue weighted by atomic mass is 10.1. The van der Waals surface area contributed by atoms with E-state index in [-0.39, 0.29) is 12.1 Å². The van der Waals surface area contributed by atoms with Crippen LogP contribution in [0.5, 0.6) is 0 Å². The predicted octanol–water partition coefficient (Wildman–Crippen LogP) is 1.12. The summed E-state index contributed by atoms with van der Waals surface area (Å²) in [5.74, 6) is -0.723. The molecule has 0 radical (unpaired) electrons. The summed E-state index contributed by atoms with van der Waals surface area (Å²) in [7, 11) is 3.73. The maximum absolute atomic E-state index is 11.3. The Balaban J connectivity index is 2.95. The first kappa shape index (κ1) is 16.4. The minimum absolute atomic E-state index is 0.149. The average Bonchev–Trinajstić information content (AvgIpc) is 2.22. The van der Waals surface area contributed by atoms with E-state index in [1.54, 1.807) is 19.9 Å². The fourth-order valence-electron chi connectivity index (χ4n) is 2.25. The quantitative estimate of drug-likeness (QED) is 0.724. The summed E-state index contributed by atoms with van der Waals surface area (Å²) in [4.78, 5) is 17.4. The monoisotopic (exact) mass is 281 g/mol. The molecule has 0 amide bonds. The first-order valence-electron chi connectivity index (χ1n) is 6.45. The van der Waals surface area contributed by atoms with Gasteiger partial charge in [0.25, 0.3) is 0 Å². The van der Waals surface area contributed by atoms with Crippen LogP contribution in [0.15, 0.2) is 6.07 Å². The van der Waals surface area contributed by atoms with Gasteiger partial charge in [-0.1, -0.05) is 0 Å². The van der Waals surface area contributed by atoms with Gasteiger partial charge in [0.1, 0.15) is 11.4 Å². The maximum Gasteiger partial charge on any atom is 0.339 e. The molecule has 1 heterocycles. The molecule has 0 aliphatic rings. The molecule has 0 bridgehead atoms. The number of carbonyl (C=O) groups is 1. The van der Waals surface area contributed by atoms with Gasteiger partial charge in [-0.3, -0.25) is 0 Å². The zero-order chi connectivity index (χ0) is 15.5. The Morgan fingerprint density at radius 2 is 2.05 bits per heavy atom. The lowest BCUT2D eigenvalue weighted by Crippen LogP contribution is -2.43. The third kappa shape index (κ3) is 4.47. The number of aliphatic hydroxyl groups is 1. The molecule has 1 unspecified atom stereocenters. The van der Waals surface area contributed by atoms with Crippen LogP contribution in [0.1, 0.15) is 28.5 Å². The Morgan fingerprint density at radius 1 is 1.45 bits per heavy atom. The summed E-state index contributed by atoms with van der Waals surface area (Å²) in [5, 5.41) is 22.4. The highest BCUT2D eigenvalue weighted by Crippen LogP contribution is 2.19. The number of anilines is 1. The number of aromatic nitrogens is 1. The Labute approximate surface area is 119 Å². The first-order valence-corrected chi connectivity index (χ1v) is 6.45. The van der Waals surface area contributed by atoms with Gasteiger partial charge in [-0.05, 0) is 46.5 Å². The van der Waals surface area contributed by atoms with E-state index in [9.17, 15) is 15.0 Å². The molecule has 1 aromatic rings. The van der Waals surface area contributed by atoms with E-state index in [1.807, 2.05) is 25.9 Å². The number of carboxylic acids is 1. The van der Waals surface area contributed by atoms with Gasteiger partial charge >= 0.3 is 5.97 Å². The molecule has 1 atom stereocenters. The van der Waals surface area contributed by atoms with Gasteiger partial charge in [-0.2, -0.15) is 0 Å². The molecule has 112 valence electrons. The molecule has 1 aromatic heterocycles. The minimum atomic E-state index is -1.02. The molecule has 6 heteroatoms. The van der Waals surface area contributed by atoms with Gasteiger partial charge in [-0.15, -0.1) is 0 Å². The van der Waals surface area contributed by atoms with Gasteiger partial charge in [0.2, 0.25) is 0 Å². The highest BCUT2D eigenvalue weighted by atomic mass is 16.4. The zero-order valence-corrected chi connectivity index (χ0v) is 12.7. The molecule has 3 N–H and O–H groups in total. The van der Waals surface area contributed by atoms with Crippen molar-refractivity contribution >= 4 is 11.8 Å². The molecule has 0 aliphatic heterocycles. The van der Waals surface area contributed by atoms with Crippen LogP contribution in [0, 0.1) is 13.8 Å². The Morgan fingerprint density at radius 3 is 2.55 bits per heavy atom. The lowest BCUT2D eigenvalue weighted by molar-refractivity contribution is 0.0457. The average molecular weight is 281 g/mol. The summed E-state index contributed by atoms with van der Waals surface area (Å²) in [6.45, 7) is 5.93. The molecule has 20 heavy (non-hydrogen) atoms. The molecule has 0 aliphatic carbocycles. The van der Waals surface area contributed by atoms with Crippen LogP contribution in [0.25, 0.3) is 0 Å². The van der Waals surface area contributed by atoms with Crippen molar-refractivity contribution in [3.8, 4) is 0 Å². The van der Waals surface area contributed by atoms with E-state index in [1.165, 1.54) is 0 Å². The Hall–Kier alpha value is -1.66. The number of carboxylic acid groups (broad SMARTS) is 1. The van der Waals surface area contributed by atoms with Crippen LogP contribution in [-0.2, 0) is 0 Å². The Bertz CT molecular complexity index is 499. The van der Waals surface area contributed by atoms with Crippen molar-refractivity contribution in [3.63, 3.8) is 0 Å². The molecular formula is C14H23N3O3. The molecule has 0 aromatic carbocycles. The predicted molar refractivity (Wildman–Crippen MR) is 78.3 cm³/mol. The second-order valence-electron chi connectivity index (χ2n) is 5.70. The number of nitrogens with one attached hydrogen (secondary N) is 1. The van der Waals surface area contributed by atoms with Gasteiger partial charge in [-0.25, -0.2) is 9.78 Å². The minimum Gasteiger partial charge on any atom is -0.478 e. The van der Waals surface area contributed by atoms with Crippen molar-refractivity contribution in [1.82, 2.24) is 9.88 Å². The van der Waals surface area contributed by atoms with Crippen LogP contribution in [0.2, 0.25) is 0 Å². The molecule has 0 saturated heterocycles. The molecule has 0 saturated carbocycles. The third-order valence-electron chi connectivity index (χ3n) is 2.85. The third-order valence-corrected chi connectivity index (χ3v) is 2.85.